The summed E-state index contributed by atoms with van der Waals surface area (Å²) in [5.41, 5.74) is 9.07. The first-order valence-electron chi connectivity index (χ1n) is 5.78. The minimum Gasteiger partial charge on any atom is -0.481 e. The molecular weight excluding hydrogens is 214 g/mol. The molecular formula is C14H21NO2. The third-order valence-corrected chi connectivity index (χ3v) is 3.22. The minimum atomic E-state index is -0.809. The van der Waals surface area contributed by atoms with E-state index in [0.717, 1.165) is 16.7 Å². The summed E-state index contributed by atoms with van der Waals surface area (Å²) >= 11 is 0. The summed E-state index contributed by atoms with van der Waals surface area (Å²) in [7, 11) is 0. The fraction of sp³-hybridized carbons (Fsp3) is 0.500. The van der Waals surface area contributed by atoms with Crippen LogP contribution < -0.4 is 5.73 Å². The van der Waals surface area contributed by atoms with Crippen molar-refractivity contribution in [3.63, 3.8) is 0 Å². The molecule has 1 atom stereocenters. The second kappa shape index (κ2) is 4.88. The fourth-order valence-electron chi connectivity index (χ4n) is 2.02. The van der Waals surface area contributed by atoms with Gasteiger partial charge in [0.25, 0.3) is 0 Å². The van der Waals surface area contributed by atoms with Gasteiger partial charge >= 0.3 is 5.97 Å². The van der Waals surface area contributed by atoms with Gasteiger partial charge in [0.05, 0.1) is 6.42 Å². The molecule has 0 spiro atoms. The number of carboxylic acid groups (broad SMARTS) is 1. The summed E-state index contributed by atoms with van der Waals surface area (Å²) in [6.07, 6.45) is 0.0710. The Balaban J connectivity index is 3.06. The van der Waals surface area contributed by atoms with E-state index in [9.17, 15) is 4.79 Å². The number of aryl methyl sites for hydroxylation is 2. The van der Waals surface area contributed by atoms with Gasteiger partial charge < -0.3 is 10.8 Å². The van der Waals surface area contributed by atoms with E-state index in [2.05, 4.69) is 0 Å². The Labute approximate surface area is 103 Å². The molecule has 3 N–H and O–H groups in total. The molecule has 17 heavy (non-hydrogen) atoms. The Morgan fingerprint density at radius 1 is 1.41 bits per heavy atom. The van der Waals surface area contributed by atoms with Gasteiger partial charge in [0.15, 0.2) is 0 Å². The summed E-state index contributed by atoms with van der Waals surface area (Å²) in [5, 5.41) is 8.91. The van der Waals surface area contributed by atoms with E-state index >= 15 is 0 Å². The van der Waals surface area contributed by atoms with Gasteiger partial charge in [0, 0.05) is 6.04 Å². The zero-order chi connectivity index (χ0) is 13.2. The number of rotatable bonds is 4. The molecule has 0 aromatic heterocycles. The molecule has 0 heterocycles. The summed E-state index contributed by atoms with van der Waals surface area (Å²) in [6, 6.07) is 5.85. The van der Waals surface area contributed by atoms with E-state index < -0.39 is 11.4 Å². The molecule has 3 nitrogen and oxygen atoms in total. The Hall–Kier alpha value is -1.35. The summed E-state index contributed by atoms with van der Waals surface area (Å²) in [4.78, 5) is 10.8. The third kappa shape index (κ3) is 3.30. The first-order chi connectivity index (χ1) is 7.74. The van der Waals surface area contributed by atoms with Gasteiger partial charge in [-0.15, -0.1) is 0 Å². The van der Waals surface area contributed by atoms with Crippen LogP contribution in [0.4, 0.5) is 0 Å². The van der Waals surface area contributed by atoms with Gasteiger partial charge in [-0.3, -0.25) is 4.79 Å². The van der Waals surface area contributed by atoms with Crippen LogP contribution in [0.2, 0.25) is 0 Å². The maximum atomic E-state index is 10.8. The normalized spacial score (nSPS) is 13.5. The SMILES string of the molecule is Cc1ccc(C)c(C(N)C(C)(C)CC(=O)O)c1. The molecule has 0 amide bonds. The second-order valence-electron chi connectivity index (χ2n) is 5.40. The topological polar surface area (TPSA) is 63.3 Å². The number of carboxylic acids is 1. The molecule has 0 aliphatic heterocycles. The van der Waals surface area contributed by atoms with Crippen molar-refractivity contribution in [1.29, 1.82) is 0 Å². The summed E-state index contributed by atoms with van der Waals surface area (Å²) < 4.78 is 0. The minimum absolute atomic E-state index is 0.0710. The summed E-state index contributed by atoms with van der Waals surface area (Å²) in [5.74, 6) is -0.809. The van der Waals surface area contributed by atoms with Crippen molar-refractivity contribution in [2.24, 2.45) is 11.1 Å². The van der Waals surface area contributed by atoms with Crippen molar-refractivity contribution < 1.29 is 9.90 Å². The van der Waals surface area contributed by atoms with E-state index in [-0.39, 0.29) is 12.5 Å². The fourth-order valence-corrected chi connectivity index (χ4v) is 2.02. The molecule has 0 bridgehead atoms. The van der Waals surface area contributed by atoms with Crippen molar-refractivity contribution >= 4 is 5.97 Å². The van der Waals surface area contributed by atoms with Crippen LogP contribution >= 0.6 is 0 Å². The lowest BCUT2D eigenvalue weighted by atomic mass is 9.77. The van der Waals surface area contributed by atoms with Gasteiger partial charge in [-0.25, -0.2) is 0 Å². The molecule has 3 heteroatoms. The van der Waals surface area contributed by atoms with E-state index in [1.165, 1.54) is 0 Å². The quantitative estimate of drug-likeness (QED) is 0.843. The largest absolute Gasteiger partial charge is 0.481 e. The second-order valence-corrected chi connectivity index (χ2v) is 5.40. The van der Waals surface area contributed by atoms with Gasteiger partial charge in [0.2, 0.25) is 0 Å². The van der Waals surface area contributed by atoms with Crippen molar-refractivity contribution in [2.45, 2.75) is 40.2 Å². The van der Waals surface area contributed by atoms with Crippen molar-refractivity contribution in [3.05, 3.63) is 34.9 Å². The van der Waals surface area contributed by atoms with Crippen molar-refractivity contribution in [2.75, 3.05) is 0 Å². The molecule has 0 saturated heterocycles. The average Bonchev–Trinajstić information content (AvgIpc) is 2.18. The molecule has 0 fully saturated rings. The number of hydrogen-bond donors (Lipinski definition) is 2. The number of carbonyl (C=O) groups is 1. The molecule has 0 aliphatic rings. The van der Waals surface area contributed by atoms with Gasteiger partial charge in [-0.1, -0.05) is 37.6 Å². The van der Waals surface area contributed by atoms with Crippen LogP contribution in [0.3, 0.4) is 0 Å². The van der Waals surface area contributed by atoms with Crippen LogP contribution in [0.15, 0.2) is 18.2 Å². The van der Waals surface area contributed by atoms with E-state index in [1.54, 1.807) is 0 Å². The number of hydrogen-bond acceptors (Lipinski definition) is 2. The average molecular weight is 235 g/mol. The predicted octanol–water partition coefficient (Wildman–Crippen LogP) is 2.80. The third-order valence-electron chi connectivity index (χ3n) is 3.22. The van der Waals surface area contributed by atoms with E-state index in [0.29, 0.717) is 0 Å². The lowest BCUT2D eigenvalue weighted by Crippen LogP contribution is -2.32. The van der Waals surface area contributed by atoms with Gasteiger partial charge in [0.1, 0.15) is 0 Å². The lowest BCUT2D eigenvalue weighted by molar-refractivity contribution is -0.139. The molecule has 0 radical (unpaired) electrons. The van der Waals surface area contributed by atoms with E-state index in [1.807, 2.05) is 45.9 Å². The van der Waals surface area contributed by atoms with Crippen molar-refractivity contribution in [1.82, 2.24) is 0 Å². The first kappa shape index (κ1) is 13.7. The highest BCUT2D eigenvalue weighted by Crippen LogP contribution is 2.36. The van der Waals surface area contributed by atoms with Crippen LogP contribution in [0.25, 0.3) is 0 Å². The highest BCUT2D eigenvalue weighted by molar-refractivity contribution is 5.67. The predicted molar refractivity (Wildman–Crippen MR) is 68.9 cm³/mol. The highest BCUT2D eigenvalue weighted by Gasteiger charge is 2.31. The molecule has 1 unspecified atom stereocenters. The zero-order valence-corrected chi connectivity index (χ0v) is 10.9. The van der Waals surface area contributed by atoms with Crippen LogP contribution in [0, 0.1) is 19.3 Å². The zero-order valence-electron chi connectivity index (χ0n) is 10.9. The highest BCUT2D eigenvalue weighted by atomic mass is 16.4. The number of nitrogens with two attached hydrogens (primary N) is 1. The van der Waals surface area contributed by atoms with Crippen molar-refractivity contribution in [3.8, 4) is 0 Å². The number of aliphatic carboxylic acids is 1. The van der Waals surface area contributed by atoms with E-state index in [4.69, 9.17) is 10.8 Å². The number of benzene rings is 1. The summed E-state index contributed by atoms with van der Waals surface area (Å²) in [6.45, 7) is 7.81. The molecule has 1 aromatic carbocycles. The Morgan fingerprint density at radius 3 is 2.53 bits per heavy atom. The van der Waals surface area contributed by atoms with Gasteiger partial charge in [-0.05, 0) is 30.4 Å². The first-order valence-corrected chi connectivity index (χ1v) is 5.78. The maximum absolute atomic E-state index is 10.8. The smallest absolute Gasteiger partial charge is 0.303 e. The maximum Gasteiger partial charge on any atom is 0.303 e. The Kier molecular flexibility index (Phi) is 3.94. The molecule has 0 aliphatic carbocycles. The van der Waals surface area contributed by atoms with Crippen LogP contribution in [-0.4, -0.2) is 11.1 Å². The van der Waals surface area contributed by atoms with Crippen LogP contribution in [0.1, 0.15) is 43.0 Å². The molecule has 1 aromatic rings. The van der Waals surface area contributed by atoms with Crippen LogP contribution in [-0.2, 0) is 4.79 Å². The molecule has 94 valence electrons. The van der Waals surface area contributed by atoms with Crippen LogP contribution in [0.5, 0.6) is 0 Å². The monoisotopic (exact) mass is 235 g/mol. The van der Waals surface area contributed by atoms with Gasteiger partial charge in [-0.2, -0.15) is 0 Å². The Morgan fingerprint density at radius 2 is 2.00 bits per heavy atom. The standard InChI is InChI=1S/C14H21NO2/c1-9-5-6-10(2)11(7-9)13(15)14(3,4)8-12(16)17/h5-7,13H,8,15H2,1-4H3,(H,16,17). The lowest BCUT2D eigenvalue weighted by Gasteiger charge is -2.31. The molecule has 0 saturated carbocycles. The molecule has 1 rings (SSSR count). The Bertz CT molecular complexity index is 424.